The van der Waals surface area contributed by atoms with E-state index in [1.807, 2.05) is 25.1 Å². The van der Waals surface area contributed by atoms with E-state index in [-0.39, 0.29) is 30.8 Å². The van der Waals surface area contributed by atoms with Gasteiger partial charge in [0.05, 0.1) is 12.8 Å². The molecule has 142 valence electrons. The molecule has 0 atom stereocenters. The van der Waals surface area contributed by atoms with Crippen LogP contribution in [0.4, 0.5) is 0 Å². The minimum atomic E-state index is -3.13. The Morgan fingerprint density at radius 3 is 2.68 bits per heavy atom. The molecule has 25 heavy (non-hydrogen) atoms. The van der Waals surface area contributed by atoms with Crippen LogP contribution in [0.25, 0.3) is 0 Å². The van der Waals surface area contributed by atoms with Gasteiger partial charge in [0.25, 0.3) is 0 Å². The van der Waals surface area contributed by atoms with Gasteiger partial charge in [-0.2, -0.15) is 0 Å². The molecular weight excluding hydrogens is 459 g/mol. The number of fused-ring (bicyclic) bond motifs is 1. The van der Waals surface area contributed by atoms with E-state index >= 15 is 0 Å². The molecule has 3 N–H and O–H groups in total. The fourth-order valence-electron chi connectivity index (χ4n) is 2.10. The van der Waals surface area contributed by atoms with Gasteiger partial charge in [0.2, 0.25) is 16.8 Å². The van der Waals surface area contributed by atoms with E-state index in [1.54, 1.807) is 0 Å². The van der Waals surface area contributed by atoms with Crippen LogP contribution in [0.15, 0.2) is 23.2 Å². The summed E-state index contributed by atoms with van der Waals surface area (Å²) in [5, 5.41) is 6.33. The number of halogens is 1. The predicted octanol–water partition coefficient (Wildman–Crippen LogP) is 1.03. The molecule has 0 amide bonds. The molecule has 0 fully saturated rings. The number of rotatable bonds is 8. The van der Waals surface area contributed by atoms with Crippen molar-refractivity contribution in [3.8, 4) is 11.5 Å². The molecule has 1 aromatic carbocycles. The van der Waals surface area contributed by atoms with Crippen molar-refractivity contribution in [1.29, 1.82) is 0 Å². The van der Waals surface area contributed by atoms with Crippen molar-refractivity contribution in [3.63, 3.8) is 0 Å². The number of aliphatic imine (C=N–C) groups is 1. The summed E-state index contributed by atoms with van der Waals surface area (Å²) in [6, 6.07) is 5.76. The summed E-state index contributed by atoms with van der Waals surface area (Å²) in [6.45, 7) is 4.52. The lowest BCUT2D eigenvalue weighted by Gasteiger charge is -2.11. The maximum absolute atomic E-state index is 11.0. The molecule has 0 aromatic heterocycles. The van der Waals surface area contributed by atoms with Crippen LogP contribution in [0.1, 0.15) is 18.9 Å². The van der Waals surface area contributed by atoms with Crippen molar-refractivity contribution >= 4 is 40.0 Å². The lowest BCUT2D eigenvalue weighted by Crippen LogP contribution is -2.38. The molecule has 1 heterocycles. The minimum Gasteiger partial charge on any atom is -0.454 e. The number of hydrogen-bond acceptors (Lipinski definition) is 5. The van der Waals surface area contributed by atoms with Gasteiger partial charge in [-0.1, -0.05) is 6.07 Å². The molecule has 8 nitrogen and oxygen atoms in total. The van der Waals surface area contributed by atoms with Crippen LogP contribution in [0, 0.1) is 0 Å². The highest BCUT2D eigenvalue weighted by Gasteiger charge is 2.12. The molecule has 0 spiro atoms. The lowest BCUT2D eigenvalue weighted by molar-refractivity contribution is 0.174. The second-order valence-corrected chi connectivity index (χ2v) is 7.16. The van der Waals surface area contributed by atoms with Gasteiger partial charge in [-0.25, -0.2) is 18.1 Å². The second-order valence-electron chi connectivity index (χ2n) is 5.33. The summed E-state index contributed by atoms with van der Waals surface area (Å²) in [4.78, 5) is 4.51. The Morgan fingerprint density at radius 2 is 1.96 bits per heavy atom. The van der Waals surface area contributed by atoms with Crippen molar-refractivity contribution in [2.24, 2.45) is 4.99 Å². The second kappa shape index (κ2) is 10.7. The van der Waals surface area contributed by atoms with Crippen LogP contribution in [0.2, 0.25) is 0 Å². The average molecular weight is 484 g/mol. The molecule has 1 aliphatic rings. The van der Waals surface area contributed by atoms with Crippen molar-refractivity contribution < 1.29 is 17.9 Å². The van der Waals surface area contributed by atoms with E-state index in [2.05, 4.69) is 20.3 Å². The fraction of sp³-hybridized carbons (Fsp3) is 0.533. The monoisotopic (exact) mass is 484 g/mol. The highest BCUT2D eigenvalue weighted by atomic mass is 127. The van der Waals surface area contributed by atoms with Crippen LogP contribution in [0.5, 0.6) is 11.5 Å². The van der Waals surface area contributed by atoms with Gasteiger partial charge in [-0.3, -0.25) is 0 Å². The Balaban J connectivity index is 0.00000312. The molecule has 2 rings (SSSR count). The first kappa shape index (κ1) is 21.8. The molecule has 1 aromatic rings. The highest BCUT2D eigenvalue weighted by Crippen LogP contribution is 2.32. The predicted molar refractivity (Wildman–Crippen MR) is 108 cm³/mol. The van der Waals surface area contributed by atoms with Gasteiger partial charge in [0.1, 0.15) is 0 Å². The molecular formula is C15H25IN4O4S. The third-order valence-corrected chi connectivity index (χ3v) is 3.94. The van der Waals surface area contributed by atoms with Crippen LogP contribution in [-0.2, 0) is 16.6 Å². The summed E-state index contributed by atoms with van der Waals surface area (Å²) in [7, 11) is -3.13. The van der Waals surface area contributed by atoms with E-state index in [1.165, 1.54) is 0 Å². The molecule has 0 saturated heterocycles. The van der Waals surface area contributed by atoms with Crippen LogP contribution < -0.4 is 24.8 Å². The number of hydrogen-bond donors (Lipinski definition) is 3. The molecule has 0 unspecified atom stereocenters. The fourth-order valence-corrected chi connectivity index (χ4v) is 2.62. The molecule has 0 radical (unpaired) electrons. The normalized spacial score (nSPS) is 13.3. The van der Waals surface area contributed by atoms with Crippen molar-refractivity contribution in [2.75, 3.05) is 32.7 Å². The molecule has 0 saturated carbocycles. The smallest absolute Gasteiger partial charge is 0.231 e. The molecule has 0 aliphatic carbocycles. The van der Waals surface area contributed by atoms with Crippen LogP contribution >= 0.6 is 24.0 Å². The van der Waals surface area contributed by atoms with E-state index in [0.29, 0.717) is 32.0 Å². The Bertz CT molecular complexity index is 682. The van der Waals surface area contributed by atoms with Crippen molar-refractivity contribution in [3.05, 3.63) is 23.8 Å². The highest BCUT2D eigenvalue weighted by molar-refractivity contribution is 14.0. The zero-order chi connectivity index (χ0) is 17.4. The summed E-state index contributed by atoms with van der Waals surface area (Å²) in [5.41, 5.74) is 1.02. The average Bonchev–Trinajstić information content (AvgIpc) is 2.98. The maximum Gasteiger partial charge on any atom is 0.231 e. The van der Waals surface area contributed by atoms with E-state index in [4.69, 9.17) is 9.47 Å². The molecule has 1 aliphatic heterocycles. The van der Waals surface area contributed by atoms with Crippen molar-refractivity contribution in [1.82, 2.24) is 15.4 Å². The number of guanidine groups is 1. The maximum atomic E-state index is 11.0. The zero-order valence-electron chi connectivity index (χ0n) is 14.4. The number of nitrogens with zero attached hydrogens (tertiary/aromatic N) is 1. The summed E-state index contributed by atoms with van der Waals surface area (Å²) < 4.78 is 35.1. The summed E-state index contributed by atoms with van der Waals surface area (Å²) >= 11 is 0. The molecule has 0 bridgehead atoms. The van der Waals surface area contributed by atoms with Gasteiger partial charge in [-0.05, 0) is 31.0 Å². The van der Waals surface area contributed by atoms with E-state index in [0.717, 1.165) is 29.9 Å². The standard InChI is InChI=1S/C15H24N4O4S.HI/c1-3-16-15(17-7-4-8-19-24(2,20)21)18-10-12-5-6-13-14(9-12)23-11-22-13;/h5-6,9,19H,3-4,7-8,10-11H2,1-2H3,(H2,16,17,18);1H. The largest absolute Gasteiger partial charge is 0.454 e. The SMILES string of the molecule is CCNC(=NCc1ccc2c(c1)OCO2)NCCCNS(C)(=O)=O.I. The van der Waals surface area contributed by atoms with E-state index < -0.39 is 10.0 Å². The van der Waals surface area contributed by atoms with Gasteiger partial charge in [0, 0.05) is 19.6 Å². The quantitative estimate of drug-likeness (QED) is 0.221. The number of benzene rings is 1. The minimum absolute atomic E-state index is 0. The number of nitrogens with one attached hydrogen (secondary N) is 3. The van der Waals surface area contributed by atoms with Gasteiger partial charge in [-0.15, -0.1) is 24.0 Å². The number of sulfonamides is 1. The van der Waals surface area contributed by atoms with Crippen LogP contribution in [0.3, 0.4) is 0 Å². The Hall–Kier alpha value is -1.27. The van der Waals surface area contributed by atoms with Gasteiger partial charge in [0.15, 0.2) is 17.5 Å². The lowest BCUT2D eigenvalue weighted by atomic mass is 10.2. The van der Waals surface area contributed by atoms with Crippen molar-refractivity contribution in [2.45, 2.75) is 19.9 Å². The first-order valence-corrected chi connectivity index (χ1v) is 9.72. The zero-order valence-corrected chi connectivity index (χ0v) is 17.5. The van der Waals surface area contributed by atoms with Gasteiger partial charge >= 0.3 is 0 Å². The van der Waals surface area contributed by atoms with E-state index in [9.17, 15) is 8.42 Å². The first-order chi connectivity index (χ1) is 11.5. The first-order valence-electron chi connectivity index (χ1n) is 7.83. The summed E-state index contributed by atoms with van der Waals surface area (Å²) in [6.07, 6.45) is 1.82. The van der Waals surface area contributed by atoms with Gasteiger partial charge < -0.3 is 20.1 Å². The Morgan fingerprint density at radius 1 is 1.20 bits per heavy atom. The van der Waals surface area contributed by atoms with Crippen LogP contribution in [-0.4, -0.2) is 47.1 Å². The topological polar surface area (TPSA) is 101 Å². The third-order valence-electron chi connectivity index (χ3n) is 3.21. The Labute approximate surface area is 165 Å². The third kappa shape index (κ3) is 8.10. The summed E-state index contributed by atoms with van der Waals surface area (Å²) in [5.74, 6) is 2.19. The Kier molecular flexibility index (Phi) is 9.28. The number of ether oxygens (including phenoxy) is 2. The molecule has 10 heteroatoms.